The van der Waals surface area contributed by atoms with E-state index in [0.717, 1.165) is 6.42 Å². The minimum atomic E-state index is -0.370. The van der Waals surface area contributed by atoms with Crippen LogP contribution in [0.4, 0.5) is 0 Å². The standard InChI is InChI=1S/C17H18N2O4/c1-21-10-13-8-15(18-23-13)16(20)19-7-6-17(11-19)14-5-3-2-4-12(14)9-22-17/h2-5,8H,6-7,9-11H2,1H3. The molecular formula is C17H18N2O4. The lowest BCUT2D eigenvalue weighted by Crippen LogP contribution is -2.34. The minimum absolute atomic E-state index is 0.124. The van der Waals surface area contributed by atoms with Crippen LogP contribution in [0.15, 0.2) is 34.9 Å². The molecule has 0 bridgehead atoms. The molecule has 1 unspecified atom stereocenters. The molecule has 2 aliphatic rings. The van der Waals surface area contributed by atoms with Gasteiger partial charge in [-0.3, -0.25) is 4.79 Å². The van der Waals surface area contributed by atoms with Crippen molar-refractivity contribution in [1.29, 1.82) is 0 Å². The van der Waals surface area contributed by atoms with E-state index in [1.807, 2.05) is 12.1 Å². The van der Waals surface area contributed by atoms with Crippen LogP contribution in [0.5, 0.6) is 0 Å². The van der Waals surface area contributed by atoms with Crippen LogP contribution >= 0.6 is 0 Å². The highest BCUT2D eigenvalue weighted by Crippen LogP contribution is 2.43. The summed E-state index contributed by atoms with van der Waals surface area (Å²) >= 11 is 0. The highest BCUT2D eigenvalue weighted by Gasteiger charge is 2.47. The predicted octanol–water partition coefficient (Wildman–Crippen LogP) is 2.09. The fourth-order valence-corrected chi connectivity index (χ4v) is 3.46. The summed E-state index contributed by atoms with van der Waals surface area (Å²) in [6.45, 7) is 2.12. The fourth-order valence-electron chi connectivity index (χ4n) is 3.46. The first-order valence-corrected chi connectivity index (χ1v) is 7.68. The Kier molecular flexibility index (Phi) is 3.43. The van der Waals surface area contributed by atoms with Gasteiger partial charge in [0.2, 0.25) is 0 Å². The third kappa shape index (κ3) is 2.34. The monoisotopic (exact) mass is 314 g/mol. The Morgan fingerprint density at radius 1 is 1.43 bits per heavy atom. The molecule has 0 N–H and O–H groups in total. The molecule has 1 aromatic carbocycles. The van der Waals surface area contributed by atoms with Gasteiger partial charge in [-0.25, -0.2) is 0 Å². The number of methoxy groups -OCH3 is 1. The van der Waals surface area contributed by atoms with E-state index in [4.69, 9.17) is 14.0 Å². The number of carbonyl (C=O) groups excluding carboxylic acids is 1. The first-order chi connectivity index (χ1) is 11.2. The molecule has 1 fully saturated rings. The third-order valence-electron chi connectivity index (χ3n) is 4.60. The molecule has 1 atom stereocenters. The van der Waals surface area contributed by atoms with Crippen molar-refractivity contribution in [3.8, 4) is 0 Å². The zero-order valence-electron chi connectivity index (χ0n) is 12.9. The molecule has 0 aliphatic carbocycles. The summed E-state index contributed by atoms with van der Waals surface area (Å²) in [5.74, 6) is 0.424. The summed E-state index contributed by atoms with van der Waals surface area (Å²) in [7, 11) is 1.57. The average Bonchev–Trinajstić information content (AvgIpc) is 3.29. The Labute approximate surface area is 134 Å². The number of hydrogen-bond acceptors (Lipinski definition) is 5. The van der Waals surface area contributed by atoms with E-state index in [2.05, 4.69) is 17.3 Å². The first kappa shape index (κ1) is 14.4. The number of rotatable bonds is 3. The molecule has 1 amide bonds. The molecule has 2 aromatic rings. The summed E-state index contributed by atoms with van der Waals surface area (Å²) in [6, 6.07) is 9.87. The molecule has 0 saturated carbocycles. The normalized spacial score (nSPS) is 22.7. The summed E-state index contributed by atoms with van der Waals surface area (Å²) in [5, 5.41) is 3.85. The lowest BCUT2D eigenvalue weighted by atomic mass is 9.92. The first-order valence-electron chi connectivity index (χ1n) is 7.68. The van der Waals surface area contributed by atoms with Crippen LogP contribution in [-0.4, -0.2) is 36.2 Å². The van der Waals surface area contributed by atoms with Crippen LogP contribution in [0.2, 0.25) is 0 Å². The molecule has 23 heavy (non-hydrogen) atoms. The van der Waals surface area contributed by atoms with Gasteiger partial charge in [0.15, 0.2) is 11.5 Å². The van der Waals surface area contributed by atoms with Crippen LogP contribution in [0.1, 0.15) is 33.8 Å². The largest absolute Gasteiger partial charge is 0.377 e. The molecule has 1 saturated heterocycles. The van der Waals surface area contributed by atoms with Crippen molar-refractivity contribution in [2.45, 2.75) is 25.2 Å². The van der Waals surface area contributed by atoms with E-state index in [1.165, 1.54) is 11.1 Å². The molecule has 120 valence electrons. The van der Waals surface area contributed by atoms with Crippen molar-refractivity contribution in [2.24, 2.45) is 0 Å². The average molecular weight is 314 g/mol. The molecule has 6 heteroatoms. The van der Waals surface area contributed by atoms with Gasteiger partial charge in [0.05, 0.1) is 13.2 Å². The number of hydrogen-bond donors (Lipinski definition) is 0. The SMILES string of the molecule is COCc1cc(C(=O)N2CCC3(C2)OCc2ccccc23)no1. The zero-order chi connectivity index (χ0) is 15.9. The van der Waals surface area contributed by atoms with Crippen molar-refractivity contribution in [1.82, 2.24) is 10.1 Å². The Balaban J connectivity index is 1.53. The van der Waals surface area contributed by atoms with Crippen molar-refractivity contribution < 1.29 is 18.8 Å². The summed E-state index contributed by atoms with van der Waals surface area (Å²) in [4.78, 5) is 14.4. The van der Waals surface area contributed by atoms with Crippen LogP contribution in [0.25, 0.3) is 0 Å². The van der Waals surface area contributed by atoms with Gasteiger partial charge >= 0.3 is 0 Å². The van der Waals surface area contributed by atoms with Gasteiger partial charge in [-0.15, -0.1) is 0 Å². The molecule has 2 aliphatic heterocycles. The second kappa shape index (κ2) is 5.47. The molecule has 1 aromatic heterocycles. The Morgan fingerprint density at radius 2 is 2.30 bits per heavy atom. The lowest BCUT2D eigenvalue weighted by molar-refractivity contribution is -0.0283. The van der Waals surface area contributed by atoms with Crippen LogP contribution < -0.4 is 0 Å². The van der Waals surface area contributed by atoms with Crippen molar-refractivity contribution >= 4 is 5.91 Å². The number of likely N-dealkylation sites (tertiary alicyclic amines) is 1. The third-order valence-corrected chi connectivity index (χ3v) is 4.60. The molecular weight excluding hydrogens is 296 g/mol. The molecule has 0 radical (unpaired) electrons. The molecule has 6 nitrogen and oxygen atoms in total. The van der Waals surface area contributed by atoms with Gasteiger partial charge in [-0.1, -0.05) is 29.4 Å². The zero-order valence-corrected chi connectivity index (χ0v) is 12.9. The number of benzene rings is 1. The van der Waals surface area contributed by atoms with Crippen molar-refractivity contribution in [3.63, 3.8) is 0 Å². The maximum atomic E-state index is 12.6. The van der Waals surface area contributed by atoms with E-state index in [-0.39, 0.29) is 11.5 Å². The highest BCUT2D eigenvalue weighted by atomic mass is 16.5. The molecule has 1 spiro atoms. The van der Waals surface area contributed by atoms with E-state index >= 15 is 0 Å². The quantitative estimate of drug-likeness (QED) is 0.868. The number of amides is 1. The minimum Gasteiger partial charge on any atom is -0.377 e. The summed E-state index contributed by atoms with van der Waals surface area (Å²) < 4.78 is 16.2. The van der Waals surface area contributed by atoms with Crippen LogP contribution in [0.3, 0.4) is 0 Å². The molecule has 4 rings (SSSR count). The Morgan fingerprint density at radius 3 is 3.17 bits per heavy atom. The lowest BCUT2D eigenvalue weighted by Gasteiger charge is -2.24. The molecule has 3 heterocycles. The van der Waals surface area contributed by atoms with Crippen molar-refractivity contribution in [3.05, 3.63) is 52.9 Å². The van der Waals surface area contributed by atoms with Gasteiger partial charge in [0, 0.05) is 19.7 Å². The number of fused-ring (bicyclic) bond motifs is 2. The van der Waals surface area contributed by atoms with E-state index in [0.29, 0.717) is 37.8 Å². The fraction of sp³-hybridized carbons (Fsp3) is 0.412. The van der Waals surface area contributed by atoms with Gasteiger partial charge in [-0.05, 0) is 17.5 Å². The summed E-state index contributed by atoms with van der Waals surface area (Å²) in [5.41, 5.74) is 2.37. The predicted molar refractivity (Wildman–Crippen MR) is 80.6 cm³/mol. The maximum Gasteiger partial charge on any atom is 0.276 e. The second-order valence-corrected chi connectivity index (χ2v) is 6.03. The Hall–Kier alpha value is -2.18. The second-order valence-electron chi connectivity index (χ2n) is 6.03. The van der Waals surface area contributed by atoms with Gasteiger partial charge in [0.25, 0.3) is 5.91 Å². The summed E-state index contributed by atoms with van der Waals surface area (Å²) in [6.07, 6.45) is 0.804. The smallest absolute Gasteiger partial charge is 0.276 e. The van der Waals surface area contributed by atoms with Crippen LogP contribution in [-0.2, 0) is 28.3 Å². The Bertz CT molecular complexity index is 742. The van der Waals surface area contributed by atoms with Crippen LogP contribution in [0, 0.1) is 0 Å². The van der Waals surface area contributed by atoms with Gasteiger partial charge in [0.1, 0.15) is 12.2 Å². The topological polar surface area (TPSA) is 64.8 Å². The maximum absolute atomic E-state index is 12.6. The number of ether oxygens (including phenoxy) is 2. The van der Waals surface area contributed by atoms with E-state index < -0.39 is 0 Å². The van der Waals surface area contributed by atoms with Gasteiger partial charge < -0.3 is 18.9 Å². The highest BCUT2D eigenvalue weighted by molar-refractivity contribution is 5.92. The van der Waals surface area contributed by atoms with Gasteiger partial charge in [-0.2, -0.15) is 0 Å². The van der Waals surface area contributed by atoms with Crippen molar-refractivity contribution in [2.75, 3.05) is 20.2 Å². The number of aromatic nitrogens is 1. The number of nitrogens with zero attached hydrogens (tertiary/aromatic N) is 2. The number of carbonyl (C=O) groups is 1. The van der Waals surface area contributed by atoms with E-state index in [9.17, 15) is 4.79 Å². The van der Waals surface area contributed by atoms with E-state index in [1.54, 1.807) is 18.1 Å².